The van der Waals surface area contributed by atoms with Gasteiger partial charge in [-0.2, -0.15) is 0 Å². The van der Waals surface area contributed by atoms with Crippen LogP contribution in [0.2, 0.25) is 0 Å². The first-order valence-corrected chi connectivity index (χ1v) is 17.5. The van der Waals surface area contributed by atoms with Gasteiger partial charge >= 0.3 is 5.97 Å². The third-order valence-electron chi connectivity index (χ3n) is 8.50. The van der Waals surface area contributed by atoms with Gasteiger partial charge in [-0.15, -0.1) is 0 Å². The average Bonchev–Trinajstić information content (AvgIpc) is 3.11. The Labute approximate surface area is 293 Å². The molecule has 0 radical (unpaired) electrons. The number of carbonyl (C=O) groups is 1. The Morgan fingerprint density at radius 2 is 1.70 bits per heavy atom. The number of aliphatic hydroxyl groups is 1. The third-order valence-corrected chi connectivity index (χ3v) is 9.86. The van der Waals surface area contributed by atoms with E-state index in [1.54, 1.807) is 42.5 Å². The van der Waals surface area contributed by atoms with Crippen molar-refractivity contribution >= 4 is 21.7 Å². The molecular weight excluding hydrogens is 653 g/mol. The Bertz CT molecular complexity index is 2050. The molecule has 0 aliphatic carbocycles. The number of aliphatic hydroxyl groups excluding tert-OH is 1. The molecular formula is C40H42N2O7S. The van der Waals surface area contributed by atoms with E-state index >= 15 is 0 Å². The summed E-state index contributed by atoms with van der Waals surface area (Å²) in [5.41, 5.74) is 6.95. The highest BCUT2D eigenvalue weighted by molar-refractivity contribution is 7.92. The van der Waals surface area contributed by atoms with E-state index in [0.717, 1.165) is 39.1 Å². The summed E-state index contributed by atoms with van der Waals surface area (Å²) in [5.74, 6) is 0.880. The monoisotopic (exact) mass is 694 g/mol. The van der Waals surface area contributed by atoms with Crippen LogP contribution in [0.1, 0.15) is 51.7 Å². The second-order valence-corrected chi connectivity index (χ2v) is 13.5. The van der Waals surface area contributed by atoms with Crippen LogP contribution in [0, 0.1) is 13.8 Å². The van der Waals surface area contributed by atoms with E-state index in [9.17, 15) is 18.3 Å². The van der Waals surface area contributed by atoms with Crippen molar-refractivity contribution in [2.75, 3.05) is 24.4 Å². The Morgan fingerprint density at radius 1 is 0.920 bits per heavy atom. The smallest absolute Gasteiger partial charge is 0.338 e. The molecule has 5 aromatic carbocycles. The lowest BCUT2D eigenvalue weighted by Crippen LogP contribution is -2.27. The van der Waals surface area contributed by atoms with Gasteiger partial charge in [0.25, 0.3) is 10.0 Å². The number of benzene rings is 5. The van der Waals surface area contributed by atoms with Crippen molar-refractivity contribution in [3.05, 3.63) is 143 Å². The SMILES string of the molecule is C.Cc1c(OCCNCC(O)c2ccc3cc2NS(=O)(=O)c2cccc(c2)CO3)ccc(-c2ccc(C(=O)OCc3ccccc3)cc2)c1C. The van der Waals surface area contributed by atoms with Gasteiger partial charge in [0, 0.05) is 24.7 Å². The fraction of sp³-hybridized carbons (Fsp3) is 0.225. The summed E-state index contributed by atoms with van der Waals surface area (Å²) in [6.45, 7) is 5.49. The Kier molecular flexibility index (Phi) is 11.6. The van der Waals surface area contributed by atoms with Crippen molar-refractivity contribution in [1.82, 2.24) is 5.32 Å². The molecule has 0 aromatic heterocycles. The van der Waals surface area contributed by atoms with Crippen LogP contribution in [0.3, 0.4) is 0 Å². The van der Waals surface area contributed by atoms with Crippen molar-refractivity contribution < 1.29 is 32.5 Å². The molecule has 0 saturated heterocycles. The zero-order valence-corrected chi connectivity index (χ0v) is 28.1. The topological polar surface area (TPSA) is 123 Å². The van der Waals surface area contributed by atoms with Crippen molar-refractivity contribution in [2.24, 2.45) is 0 Å². The minimum atomic E-state index is -3.86. The number of fused-ring (bicyclic) bond motifs is 4. The molecule has 1 heterocycles. The molecule has 6 rings (SSSR count). The van der Waals surface area contributed by atoms with Gasteiger partial charge in [0.05, 0.1) is 22.3 Å². The van der Waals surface area contributed by atoms with Gasteiger partial charge in [0.1, 0.15) is 31.3 Å². The molecule has 0 saturated carbocycles. The molecule has 1 aliphatic heterocycles. The third kappa shape index (κ3) is 8.52. The molecule has 1 atom stereocenters. The number of ether oxygens (including phenoxy) is 3. The van der Waals surface area contributed by atoms with Crippen LogP contribution >= 0.6 is 0 Å². The standard InChI is InChI=1S/C39H38N2O7S.CH4/c1-26-27(2)38(18-17-34(26)30-11-13-31(14-12-30)39(43)48-24-28-7-4-3-5-8-28)46-20-19-40-23-37(42)35-16-15-32-22-36(35)41-49(44,45)33-10-6-9-29(21-33)25-47-32;/h3-18,21-22,37,40-42H,19-20,23-25H2,1-2H3;1H4. The van der Waals surface area contributed by atoms with Crippen molar-refractivity contribution in [1.29, 1.82) is 0 Å². The molecule has 1 aliphatic rings. The van der Waals surface area contributed by atoms with Crippen LogP contribution in [0.5, 0.6) is 11.5 Å². The number of anilines is 1. The van der Waals surface area contributed by atoms with Gasteiger partial charge in [-0.25, -0.2) is 13.2 Å². The van der Waals surface area contributed by atoms with Gasteiger partial charge in [-0.05, 0) is 83.6 Å². The van der Waals surface area contributed by atoms with E-state index in [0.29, 0.717) is 30.0 Å². The number of hydrogen-bond donors (Lipinski definition) is 3. The van der Waals surface area contributed by atoms with Crippen LogP contribution in [0.15, 0.2) is 114 Å². The normalized spacial score (nSPS) is 13.5. The molecule has 260 valence electrons. The maximum Gasteiger partial charge on any atom is 0.338 e. The summed E-state index contributed by atoms with van der Waals surface area (Å²) in [5, 5.41) is 14.2. The molecule has 0 spiro atoms. The molecule has 3 N–H and O–H groups in total. The number of carbonyl (C=O) groups excluding carboxylic acids is 1. The van der Waals surface area contributed by atoms with Crippen LogP contribution in [0.25, 0.3) is 11.1 Å². The molecule has 0 amide bonds. The summed E-state index contributed by atoms with van der Waals surface area (Å²) in [6, 6.07) is 32.5. The van der Waals surface area contributed by atoms with Crippen molar-refractivity contribution in [3.63, 3.8) is 0 Å². The van der Waals surface area contributed by atoms with Crippen LogP contribution in [-0.2, 0) is 28.0 Å². The molecule has 5 aromatic rings. The summed E-state index contributed by atoms with van der Waals surface area (Å²) >= 11 is 0. The first kappa shape index (κ1) is 36.1. The van der Waals surface area contributed by atoms with Gasteiger partial charge in [-0.3, -0.25) is 4.72 Å². The summed E-state index contributed by atoms with van der Waals surface area (Å²) < 4.78 is 46.1. The maximum absolute atomic E-state index is 13.1. The lowest BCUT2D eigenvalue weighted by Gasteiger charge is -2.20. The minimum absolute atomic E-state index is 0. The molecule has 0 fully saturated rings. The van der Waals surface area contributed by atoms with Gasteiger partial charge in [0.15, 0.2) is 0 Å². The van der Waals surface area contributed by atoms with Crippen molar-refractivity contribution in [2.45, 2.75) is 45.5 Å². The summed E-state index contributed by atoms with van der Waals surface area (Å²) in [7, 11) is -3.86. The molecule has 9 nitrogen and oxygen atoms in total. The Morgan fingerprint density at radius 3 is 2.48 bits per heavy atom. The lowest BCUT2D eigenvalue weighted by molar-refractivity contribution is 0.0472. The van der Waals surface area contributed by atoms with E-state index in [-0.39, 0.29) is 43.7 Å². The summed E-state index contributed by atoms with van der Waals surface area (Å²) in [6.07, 6.45) is -0.985. The van der Waals surface area contributed by atoms with Gasteiger partial charge in [0.2, 0.25) is 0 Å². The highest BCUT2D eigenvalue weighted by Gasteiger charge is 2.22. The second kappa shape index (κ2) is 16.0. The largest absolute Gasteiger partial charge is 0.492 e. The van der Waals surface area contributed by atoms with E-state index in [2.05, 4.69) is 10.0 Å². The van der Waals surface area contributed by atoms with Crippen LogP contribution in [-0.4, -0.2) is 39.2 Å². The van der Waals surface area contributed by atoms with Crippen LogP contribution in [0.4, 0.5) is 5.69 Å². The van der Waals surface area contributed by atoms with E-state index < -0.39 is 16.1 Å². The number of sulfonamides is 1. The van der Waals surface area contributed by atoms with Gasteiger partial charge < -0.3 is 24.6 Å². The number of esters is 1. The average molecular weight is 695 g/mol. The highest BCUT2D eigenvalue weighted by Crippen LogP contribution is 2.33. The van der Waals surface area contributed by atoms with E-state index in [1.807, 2.05) is 74.5 Å². The fourth-order valence-corrected chi connectivity index (χ4v) is 6.76. The summed E-state index contributed by atoms with van der Waals surface area (Å²) in [4.78, 5) is 12.7. The second-order valence-electron chi connectivity index (χ2n) is 11.9. The molecule has 1 unspecified atom stereocenters. The number of nitrogens with one attached hydrogen (secondary N) is 2. The minimum Gasteiger partial charge on any atom is -0.492 e. The Balaban J connectivity index is 0.00000486. The zero-order valence-electron chi connectivity index (χ0n) is 27.3. The lowest BCUT2D eigenvalue weighted by atomic mass is 9.96. The van der Waals surface area contributed by atoms with Gasteiger partial charge in [-0.1, -0.05) is 74.2 Å². The zero-order chi connectivity index (χ0) is 34.4. The predicted molar refractivity (Wildman–Crippen MR) is 195 cm³/mol. The van der Waals surface area contributed by atoms with E-state index in [1.165, 1.54) is 6.07 Å². The van der Waals surface area contributed by atoms with Crippen LogP contribution < -0.4 is 19.5 Å². The maximum atomic E-state index is 13.1. The number of rotatable bonds is 11. The number of hydrogen-bond acceptors (Lipinski definition) is 8. The molecule has 50 heavy (non-hydrogen) atoms. The Hall–Kier alpha value is -5.16. The molecule has 10 heteroatoms. The molecule has 4 bridgehead atoms. The predicted octanol–water partition coefficient (Wildman–Crippen LogP) is 7.36. The highest BCUT2D eigenvalue weighted by atomic mass is 32.2. The van der Waals surface area contributed by atoms with Crippen molar-refractivity contribution in [3.8, 4) is 22.6 Å². The fourth-order valence-electron chi connectivity index (χ4n) is 5.62. The first-order valence-electron chi connectivity index (χ1n) is 16.0. The van der Waals surface area contributed by atoms with E-state index in [4.69, 9.17) is 14.2 Å². The first-order chi connectivity index (χ1) is 23.7. The quantitative estimate of drug-likeness (QED) is 0.0969.